The number of carbonyl (C=O) groups excluding carboxylic acids is 1. The van der Waals surface area contributed by atoms with Crippen molar-refractivity contribution >= 4 is 11.9 Å². The summed E-state index contributed by atoms with van der Waals surface area (Å²) in [5, 5.41) is 8.82. The van der Waals surface area contributed by atoms with Crippen LogP contribution in [0, 0.1) is 19.8 Å². The lowest BCUT2D eigenvalue weighted by atomic mass is 10.0. The molecule has 1 unspecified atom stereocenters. The van der Waals surface area contributed by atoms with Gasteiger partial charge in [0.15, 0.2) is 0 Å². The van der Waals surface area contributed by atoms with E-state index in [9.17, 15) is 9.59 Å². The zero-order valence-corrected chi connectivity index (χ0v) is 11.9. The number of hydrogen-bond acceptors (Lipinski definition) is 2. The van der Waals surface area contributed by atoms with E-state index in [4.69, 9.17) is 5.11 Å². The zero-order chi connectivity index (χ0) is 14.6. The summed E-state index contributed by atoms with van der Waals surface area (Å²) >= 11 is 0. The van der Waals surface area contributed by atoms with Crippen molar-refractivity contribution in [2.45, 2.75) is 27.2 Å². The van der Waals surface area contributed by atoms with Gasteiger partial charge in [0, 0.05) is 13.6 Å². The molecule has 1 rings (SSSR count). The minimum absolute atomic E-state index is 0.349. The third-order valence-electron chi connectivity index (χ3n) is 3.34. The lowest BCUT2D eigenvalue weighted by molar-refractivity contribution is -0.149. The van der Waals surface area contributed by atoms with Crippen LogP contribution >= 0.6 is 0 Å². The van der Waals surface area contributed by atoms with Gasteiger partial charge >= 0.3 is 5.97 Å². The van der Waals surface area contributed by atoms with Crippen LogP contribution in [0.1, 0.15) is 23.6 Å². The molecule has 104 valence electrons. The van der Waals surface area contributed by atoms with Crippen molar-refractivity contribution in [3.8, 4) is 0 Å². The monoisotopic (exact) mass is 263 g/mol. The fraction of sp³-hybridized carbons (Fsp3) is 0.467. The van der Waals surface area contributed by atoms with E-state index in [2.05, 4.69) is 18.2 Å². The minimum atomic E-state index is -1.08. The Morgan fingerprint density at radius 1 is 1.32 bits per heavy atom. The molecule has 0 aliphatic rings. The molecule has 4 nitrogen and oxygen atoms in total. The molecule has 1 amide bonds. The van der Waals surface area contributed by atoms with Gasteiger partial charge in [-0.15, -0.1) is 0 Å². The molecular formula is C15H21NO3. The number of hydrogen-bond donors (Lipinski definition) is 1. The summed E-state index contributed by atoms with van der Waals surface area (Å²) in [6, 6.07) is 6.22. The van der Waals surface area contributed by atoms with Crippen molar-refractivity contribution in [2.75, 3.05) is 13.6 Å². The molecule has 1 aromatic rings. The molecule has 1 atom stereocenters. The van der Waals surface area contributed by atoms with Gasteiger partial charge in [0.05, 0.1) is 0 Å². The number of carbonyl (C=O) groups is 2. The molecule has 0 radical (unpaired) electrons. The lowest BCUT2D eigenvalue weighted by Crippen LogP contribution is -2.36. The summed E-state index contributed by atoms with van der Waals surface area (Å²) in [6.07, 6.45) is 0.738. The SMILES string of the molecule is Cc1ccc(C)c(CCN(C)C(=O)C(C)C(=O)O)c1. The standard InChI is InChI=1S/C15H21NO3/c1-10-5-6-11(2)13(9-10)7-8-16(4)14(17)12(3)15(18)19/h5-6,9,12H,7-8H2,1-4H3,(H,18,19). The van der Waals surface area contributed by atoms with Gasteiger partial charge in [-0.1, -0.05) is 23.8 Å². The van der Waals surface area contributed by atoms with Gasteiger partial charge in [0.2, 0.25) is 5.91 Å². The number of rotatable bonds is 5. The van der Waals surface area contributed by atoms with E-state index in [1.54, 1.807) is 7.05 Å². The highest BCUT2D eigenvalue weighted by Crippen LogP contribution is 2.12. The number of nitrogens with zero attached hydrogens (tertiary/aromatic N) is 1. The second-order valence-corrected chi connectivity index (χ2v) is 5.00. The summed E-state index contributed by atoms with van der Waals surface area (Å²) < 4.78 is 0. The number of likely N-dealkylation sites (N-methyl/N-ethyl adjacent to an activating group) is 1. The molecule has 1 N–H and O–H groups in total. The third kappa shape index (κ3) is 4.09. The molecule has 0 fully saturated rings. The van der Waals surface area contributed by atoms with Crippen molar-refractivity contribution in [1.29, 1.82) is 0 Å². The summed E-state index contributed by atoms with van der Waals surface area (Å²) in [6.45, 7) is 6.01. The summed E-state index contributed by atoms with van der Waals surface area (Å²) in [4.78, 5) is 24.1. The molecule has 0 bridgehead atoms. The van der Waals surface area contributed by atoms with E-state index < -0.39 is 11.9 Å². The summed E-state index contributed by atoms with van der Waals surface area (Å²) in [7, 11) is 1.65. The number of benzene rings is 1. The van der Waals surface area contributed by atoms with Crippen molar-refractivity contribution in [3.05, 3.63) is 34.9 Å². The molecule has 0 saturated carbocycles. The first-order valence-electron chi connectivity index (χ1n) is 6.37. The predicted octanol–water partition coefficient (Wildman–Crippen LogP) is 2.03. The van der Waals surface area contributed by atoms with E-state index in [0.717, 1.165) is 6.42 Å². The van der Waals surface area contributed by atoms with Gasteiger partial charge in [0.1, 0.15) is 5.92 Å². The quantitative estimate of drug-likeness (QED) is 0.827. The van der Waals surface area contributed by atoms with Crippen LogP contribution < -0.4 is 0 Å². The molecule has 4 heteroatoms. The number of amides is 1. The Morgan fingerprint density at radius 2 is 1.95 bits per heavy atom. The highest BCUT2D eigenvalue weighted by atomic mass is 16.4. The van der Waals surface area contributed by atoms with Crippen molar-refractivity contribution in [1.82, 2.24) is 4.90 Å². The van der Waals surface area contributed by atoms with Crippen LogP contribution in [0.25, 0.3) is 0 Å². The number of carboxylic acids is 1. The van der Waals surface area contributed by atoms with Gasteiger partial charge in [-0.25, -0.2) is 0 Å². The number of aryl methyl sites for hydroxylation is 2. The molecule has 0 heterocycles. The Morgan fingerprint density at radius 3 is 2.53 bits per heavy atom. The van der Waals surface area contributed by atoms with Gasteiger partial charge in [0.25, 0.3) is 0 Å². The molecule has 0 spiro atoms. The smallest absolute Gasteiger partial charge is 0.315 e. The highest BCUT2D eigenvalue weighted by molar-refractivity contribution is 5.96. The van der Waals surface area contributed by atoms with Crippen LogP contribution in [0.5, 0.6) is 0 Å². The average Bonchev–Trinajstić information content (AvgIpc) is 2.37. The first-order valence-corrected chi connectivity index (χ1v) is 6.37. The normalized spacial score (nSPS) is 12.0. The second-order valence-electron chi connectivity index (χ2n) is 5.00. The maximum atomic E-state index is 11.8. The van der Waals surface area contributed by atoms with Gasteiger partial charge in [-0.3, -0.25) is 9.59 Å². The molecule has 0 saturated heterocycles. The van der Waals surface area contributed by atoms with Crippen LogP contribution in [0.2, 0.25) is 0 Å². The topological polar surface area (TPSA) is 57.6 Å². The van der Waals surface area contributed by atoms with Crippen LogP contribution in [0.15, 0.2) is 18.2 Å². The summed E-state index contributed by atoms with van der Waals surface area (Å²) in [5.41, 5.74) is 3.58. The van der Waals surface area contributed by atoms with Crippen LogP contribution in [-0.2, 0) is 16.0 Å². The third-order valence-corrected chi connectivity index (χ3v) is 3.34. The maximum Gasteiger partial charge on any atom is 0.315 e. The van der Waals surface area contributed by atoms with E-state index in [1.165, 1.54) is 28.5 Å². The number of carboxylic acid groups (broad SMARTS) is 1. The Hall–Kier alpha value is -1.84. The van der Waals surface area contributed by atoms with Crippen molar-refractivity contribution in [3.63, 3.8) is 0 Å². The summed E-state index contributed by atoms with van der Waals surface area (Å²) in [5.74, 6) is -2.41. The van der Waals surface area contributed by atoms with Crippen LogP contribution in [-0.4, -0.2) is 35.5 Å². The second kappa shape index (κ2) is 6.36. The van der Waals surface area contributed by atoms with Gasteiger partial charge < -0.3 is 10.0 Å². The van der Waals surface area contributed by atoms with E-state index in [1.807, 2.05) is 13.8 Å². The predicted molar refractivity (Wildman–Crippen MR) is 74.1 cm³/mol. The Kier molecular flexibility index (Phi) is 5.10. The molecule has 1 aromatic carbocycles. The van der Waals surface area contributed by atoms with Crippen molar-refractivity contribution < 1.29 is 14.7 Å². The van der Waals surface area contributed by atoms with E-state index >= 15 is 0 Å². The van der Waals surface area contributed by atoms with Gasteiger partial charge in [-0.05, 0) is 38.3 Å². The lowest BCUT2D eigenvalue weighted by Gasteiger charge is -2.20. The molecule has 0 aliphatic heterocycles. The fourth-order valence-corrected chi connectivity index (χ4v) is 1.90. The highest BCUT2D eigenvalue weighted by Gasteiger charge is 2.23. The molecule has 0 aliphatic carbocycles. The van der Waals surface area contributed by atoms with Crippen LogP contribution in [0.3, 0.4) is 0 Å². The maximum absolute atomic E-state index is 11.8. The first-order chi connectivity index (χ1) is 8.82. The Balaban J connectivity index is 2.64. The Labute approximate surface area is 114 Å². The molecule has 0 aromatic heterocycles. The fourth-order valence-electron chi connectivity index (χ4n) is 1.90. The first kappa shape index (κ1) is 15.2. The van der Waals surface area contributed by atoms with Gasteiger partial charge in [-0.2, -0.15) is 0 Å². The Bertz CT molecular complexity index is 482. The zero-order valence-electron chi connectivity index (χ0n) is 11.9. The van der Waals surface area contributed by atoms with E-state index in [0.29, 0.717) is 6.54 Å². The average molecular weight is 263 g/mol. The van der Waals surface area contributed by atoms with Crippen LogP contribution in [0.4, 0.5) is 0 Å². The number of aliphatic carboxylic acids is 1. The molecular weight excluding hydrogens is 242 g/mol. The van der Waals surface area contributed by atoms with Crippen molar-refractivity contribution in [2.24, 2.45) is 5.92 Å². The molecule has 19 heavy (non-hydrogen) atoms. The minimum Gasteiger partial charge on any atom is -0.481 e. The van der Waals surface area contributed by atoms with E-state index in [-0.39, 0.29) is 5.91 Å². The largest absolute Gasteiger partial charge is 0.481 e.